The second kappa shape index (κ2) is 7.44. The number of rotatable bonds is 7. The summed E-state index contributed by atoms with van der Waals surface area (Å²) in [5.74, 6) is -1.16. The summed E-state index contributed by atoms with van der Waals surface area (Å²) in [4.78, 5) is 33.5. The number of aliphatic carboxylic acids is 1. The van der Waals surface area contributed by atoms with E-state index in [4.69, 9.17) is 10.8 Å². The molecule has 0 unspecified atom stereocenters. The first-order chi connectivity index (χ1) is 10.2. The molecule has 0 saturated carbocycles. The van der Waals surface area contributed by atoms with Crippen LogP contribution in [-0.4, -0.2) is 29.6 Å². The quantitative estimate of drug-likeness (QED) is 0.602. The third-order valence-electron chi connectivity index (χ3n) is 3.30. The van der Waals surface area contributed by atoms with Crippen LogP contribution in [0.25, 0.3) is 0 Å². The fourth-order valence-corrected chi connectivity index (χ4v) is 1.66. The number of urea groups is 1. The van der Waals surface area contributed by atoms with Gasteiger partial charge in [0.25, 0.3) is 5.91 Å². The molecule has 0 aromatic heterocycles. The minimum atomic E-state index is -0.895. The average molecular weight is 307 g/mol. The van der Waals surface area contributed by atoms with Gasteiger partial charge in [-0.25, -0.2) is 4.79 Å². The zero-order valence-corrected chi connectivity index (χ0v) is 12.7. The molecule has 0 bridgehead atoms. The van der Waals surface area contributed by atoms with Gasteiger partial charge >= 0.3 is 12.0 Å². The van der Waals surface area contributed by atoms with Crippen molar-refractivity contribution in [3.63, 3.8) is 0 Å². The van der Waals surface area contributed by atoms with Crippen molar-refractivity contribution in [2.24, 2.45) is 11.1 Å². The number of carboxylic acids is 1. The van der Waals surface area contributed by atoms with Crippen LogP contribution in [0.3, 0.4) is 0 Å². The molecule has 3 amide bonds. The Balaban J connectivity index is 2.49. The van der Waals surface area contributed by atoms with E-state index in [-0.39, 0.29) is 12.5 Å². The van der Waals surface area contributed by atoms with Gasteiger partial charge in [-0.2, -0.15) is 0 Å². The van der Waals surface area contributed by atoms with Gasteiger partial charge in [-0.1, -0.05) is 12.1 Å². The summed E-state index contributed by atoms with van der Waals surface area (Å²) in [6, 6.07) is 6.09. The monoisotopic (exact) mass is 307 g/mol. The highest BCUT2D eigenvalue weighted by molar-refractivity contribution is 5.94. The molecule has 7 nitrogen and oxygen atoms in total. The summed E-state index contributed by atoms with van der Waals surface area (Å²) < 4.78 is 0. The van der Waals surface area contributed by atoms with Crippen molar-refractivity contribution in [2.45, 2.75) is 26.8 Å². The molecule has 0 aliphatic heterocycles. The normalized spacial score (nSPS) is 10.8. The number of nitrogens with one attached hydrogen (secondary N) is 2. The molecule has 0 aliphatic rings. The number of carbonyl (C=O) groups is 3. The van der Waals surface area contributed by atoms with E-state index in [0.29, 0.717) is 18.5 Å². The first-order valence-electron chi connectivity index (χ1n) is 6.86. The van der Waals surface area contributed by atoms with Crippen LogP contribution >= 0.6 is 0 Å². The fraction of sp³-hybridized carbons (Fsp3) is 0.400. The molecular formula is C15H21N3O4. The number of benzene rings is 1. The Bertz CT molecular complexity index is 552. The van der Waals surface area contributed by atoms with E-state index < -0.39 is 17.4 Å². The molecule has 1 rings (SSSR count). The summed E-state index contributed by atoms with van der Waals surface area (Å²) in [6.07, 6.45) is 0.342. The summed E-state index contributed by atoms with van der Waals surface area (Å²) in [6.45, 7) is 3.80. The van der Waals surface area contributed by atoms with Crippen LogP contribution < -0.4 is 16.4 Å². The summed E-state index contributed by atoms with van der Waals surface area (Å²) in [5.41, 5.74) is 5.39. The zero-order valence-electron chi connectivity index (χ0n) is 12.7. The third-order valence-corrected chi connectivity index (χ3v) is 3.30. The lowest BCUT2D eigenvalue weighted by Gasteiger charge is -2.18. The van der Waals surface area contributed by atoms with Gasteiger partial charge in [-0.3, -0.25) is 9.59 Å². The molecule has 5 N–H and O–H groups in total. The summed E-state index contributed by atoms with van der Waals surface area (Å²) in [7, 11) is 0. The third kappa shape index (κ3) is 5.43. The van der Waals surface area contributed by atoms with Crippen molar-refractivity contribution in [3.8, 4) is 0 Å². The van der Waals surface area contributed by atoms with E-state index in [1.807, 2.05) is 0 Å². The molecule has 0 spiro atoms. The van der Waals surface area contributed by atoms with Crippen LogP contribution in [0.4, 0.5) is 4.79 Å². The van der Waals surface area contributed by atoms with Crippen molar-refractivity contribution in [1.82, 2.24) is 10.6 Å². The number of primary amides is 1. The first-order valence-corrected chi connectivity index (χ1v) is 6.86. The molecule has 0 heterocycles. The SMILES string of the molecule is CC(C)(CCNC(=O)c1ccc(CNC(N)=O)cc1)C(=O)O. The second-order valence-electron chi connectivity index (χ2n) is 5.61. The maximum atomic E-state index is 11.9. The first kappa shape index (κ1) is 17.5. The molecule has 0 atom stereocenters. The Morgan fingerprint density at radius 1 is 1.14 bits per heavy atom. The van der Waals surface area contributed by atoms with E-state index in [0.717, 1.165) is 5.56 Å². The Kier molecular flexibility index (Phi) is 5.91. The van der Waals surface area contributed by atoms with Crippen molar-refractivity contribution in [3.05, 3.63) is 35.4 Å². The molecular weight excluding hydrogens is 286 g/mol. The summed E-state index contributed by atoms with van der Waals surface area (Å²) in [5, 5.41) is 14.1. The zero-order chi connectivity index (χ0) is 16.8. The van der Waals surface area contributed by atoms with Crippen LogP contribution in [0.15, 0.2) is 24.3 Å². The van der Waals surface area contributed by atoms with E-state index >= 15 is 0 Å². The van der Waals surface area contributed by atoms with Gasteiger partial charge < -0.3 is 21.5 Å². The maximum Gasteiger partial charge on any atom is 0.312 e. The average Bonchev–Trinajstić information content (AvgIpc) is 2.45. The fourth-order valence-electron chi connectivity index (χ4n) is 1.66. The van der Waals surface area contributed by atoms with Crippen LogP contribution in [-0.2, 0) is 11.3 Å². The molecule has 0 fully saturated rings. The van der Waals surface area contributed by atoms with Crippen molar-refractivity contribution < 1.29 is 19.5 Å². The van der Waals surface area contributed by atoms with Crippen molar-refractivity contribution in [2.75, 3.05) is 6.54 Å². The molecule has 1 aromatic rings. The van der Waals surface area contributed by atoms with Crippen LogP contribution in [0.1, 0.15) is 36.2 Å². The number of carboxylic acid groups (broad SMARTS) is 1. The Morgan fingerprint density at radius 2 is 1.73 bits per heavy atom. The number of carbonyl (C=O) groups excluding carboxylic acids is 2. The minimum Gasteiger partial charge on any atom is -0.481 e. The minimum absolute atomic E-state index is 0.268. The van der Waals surface area contributed by atoms with E-state index in [9.17, 15) is 14.4 Å². The van der Waals surface area contributed by atoms with E-state index in [2.05, 4.69) is 10.6 Å². The van der Waals surface area contributed by atoms with Crippen LogP contribution in [0, 0.1) is 5.41 Å². The number of nitrogens with two attached hydrogens (primary N) is 1. The summed E-state index contributed by atoms with van der Waals surface area (Å²) >= 11 is 0. The highest BCUT2D eigenvalue weighted by Crippen LogP contribution is 2.19. The lowest BCUT2D eigenvalue weighted by molar-refractivity contribution is -0.147. The van der Waals surface area contributed by atoms with Gasteiger partial charge in [0.2, 0.25) is 0 Å². The molecule has 0 aliphatic carbocycles. The standard InChI is InChI=1S/C15H21N3O4/c1-15(2,13(20)21)7-8-17-12(19)11-5-3-10(4-6-11)9-18-14(16)22/h3-6H,7-9H2,1-2H3,(H,17,19)(H,20,21)(H3,16,18,22). The Morgan fingerprint density at radius 3 is 2.23 bits per heavy atom. The highest BCUT2D eigenvalue weighted by Gasteiger charge is 2.26. The smallest absolute Gasteiger partial charge is 0.312 e. The highest BCUT2D eigenvalue weighted by atomic mass is 16.4. The van der Waals surface area contributed by atoms with Crippen LogP contribution in [0.5, 0.6) is 0 Å². The topological polar surface area (TPSA) is 122 Å². The predicted octanol–water partition coefficient (Wildman–Crippen LogP) is 1.09. The molecule has 1 aromatic carbocycles. The van der Waals surface area contributed by atoms with Gasteiger partial charge in [-0.15, -0.1) is 0 Å². The molecule has 0 radical (unpaired) electrons. The number of hydrogen-bond donors (Lipinski definition) is 4. The van der Waals surface area contributed by atoms with Gasteiger partial charge in [0.05, 0.1) is 5.41 Å². The van der Waals surface area contributed by atoms with E-state index in [1.165, 1.54) is 0 Å². The Labute approximate surface area is 128 Å². The van der Waals surface area contributed by atoms with Gasteiger partial charge in [-0.05, 0) is 38.0 Å². The molecule has 22 heavy (non-hydrogen) atoms. The second-order valence-corrected chi connectivity index (χ2v) is 5.61. The van der Waals surface area contributed by atoms with Gasteiger partial charge in [0, 0.05) is 18.7 Å². The van der Waals surface area contributed by atoms with Crippen molar-refractivity contribution >= 4 is 17.9 Å². The number of hydrogen-bond acceptors (Lipinski definition) is 3. The number of amides is 3. The van der Waals surface area contributed by atoms with Crippen molar-refractivity contribution in [1.29, 1.82) is 0 Å². The predicted molar refractivity (Wildman–Crippen MR) is 81.2 cm³/mol. The lowest BCUT2D eigenvalue weighted by atomic mass is 9.90. The largest absolute Gasteiger partial charge is 0.481 e. The Hall–Kier alpha value is -2.57. The lowest BCUT2D eigenvalue weighted by Crippen LogP contribution is -2.32. The van der Waals surface area contributed by atoms with Gasteiger partial charge in [0.1, 0.15) is 0 Å². The molecule has 0 saturated heterocycles. The van der Waals surface area contributed by atoms with E-state index in [1.54, 1.807) is 38.1 Å². The van der Waals surface area contributed by atoms with Crippen LogP contribution in [0.2, 0.25) is 0 Å². The molecule has 120 valence electrons. The van der Waals surface area contributed by atoms with Gasteiger partial charge in [0.15, 0.2) is 0 Å². The molecule has 7 heteroatoms. The maximum absolute atomic E-state index is 11.9.